The number of carbonyl (C=O) groups is 1. The number of oxime groups is 1. The van der Waals surface area contributed by atoms with Gasteiger partial charge in [0.1, 0.15) is 5.84 Å². The molecular formula is C5H10N2O2. The van der Waals surface area contributed by atoms with Crippen LogP contribution in [0.3, 0.4) is 0 Å². The van der Waals surface area contributed by atoms with Crippen LogP contribution in [0.5, 0.6) is 0 Å². The van der Waals surface area contributed by atoms with Gasteiger partial charge in [0.2, 0.25) is 0 Å². The summed E-state index contributed by atoms with van der Waals surface area (Å²) >= 11 is 0. The Kier molecular flexibility index (Phi) is 3.43. The highest BCUT2D eigenvalue weighted by Crippen LogP contribution is 1.80. The molecule has 0 aliphatic heterocycles. The molecule has 0 aliphatic carbocycles. The van der Waals surface area contributed by atoms with Crippen LogP contribution >= 0.6 is 0 Å². The van der Waals surface area contributed by atoms with Gasteiger partial charge in [-0.1, -0.05) is 12.1 Å². The summed E-state index contributed by atoms with van der Waals surface area (Å²) in [6.07, 6.45) is 0.591. The molecule has 0 saturated carbocycles. The quantitative estimate of drug-likeness (QED) is 0.252. The van der Waals surface area contributed by atoms with E-state index in [9.17, 15) is 4.79 Å². The number of nitrogens with zero attached hydrogens (tertiary/aromatic N) is 1. The average Bonchev–Trinajstić information content (AvgIpc) is 1.83. The lowest BCUT2D eigenvalue weighted by atomic mass is 10.5. The third-order valence-electron chi connectivity index (χ3n) is 0.654. The molecule has 0 unspecified atom stereocenters. The van der Waals surface area contributed by atoms with Crippen LogP contribution in [0, 0.1) is 0 Å². The molecule has 0 heterocycles. The van der Waals surface area contributed by atoms with Crippen molar-refractivity contribution in [1.82, 2.24) is 0 Å². The highest BCUT2D eigenvalue weighted by atomic mass is 16.7. The zero-order valence-electron chi connectivity index (χ0n) is 5.55. The van der Waals surface area contributed by atoms with Crippen LogP contribution < -0.4 is 5.73 Å². The predicted molar refractivity (Wildman–Crippen MR) is 33.7 cm³/mol. The summed E-state index contributed by atoms with van der Waals surface area (Å²) in [5.74, 6) is -0.128. The minimum absolute atomic E-state index is 0.324. The first-order valence-electron chi connectivity index (χ1n) is 2.66. The first kappa shape index (κ1) is 7.94. The molecule has 0 atom stereocenters. The maximum atomic E-state index is 10.1. The summed E-state index contributed by atoms with van der Waals surface area (Å²) in [5, 5.41) is 3.29. The lowest BCUT2D eigenvalue weighted by Gasteiger charge is -1.91. The van der Waals surface area contributed by atoms with Crippen LogP contribution in [0.15, 0.2) is 5.16 Å². The van der Waals surface area contributed by atoms with Crippen LogP contribution in [-0.4, -0.2) is 11.8 Å². The maximum Gasteiger partial charge on any atom is 0.332 e. The van der Waals surface area contributed by atoms with Crippen molar-refractivity contribution < 1.29 is 9.63 Å². The van der Waals surface area contributed by atoms with Crippen LogP contribution in [0.1, 0.15) is 20.3 Å². The Morgan fingerprint density at radius 2 is 2.33 bits per heavy atom. The molecule has 0 bridgehead atoms. The maximum absolute atomic E-state index is 10.1. The van der Waals surface area contributed by atoms with Gasteiger partial charge in [-0.25, -0.2) is 4.79 Å². The fourth-order valence-corrected chi connectivity index (χ4v) is 0.187. The standard InChI is InChI=1S/C5H10N2O2/c1-3-5(6)7-9-4(2)8/h3H2,1-2H3,(H2,6,7). The van der Waals surface area contributed by atoms with Crippen molar-refractivity contribution in [2.24, 2.45) is 10.9 Å². The predicted octanol–water partition coefficient (Wildman–Crippen LogP) is 0.232. The Morgan fingerprint density at radius 3 is 2.67 bits per heavy atom. The minimum atomic E-state index is -0.452. The molecule has 0 aromatic heterocycles. The van der Waals surface area contributed by atoms with Gasteiger partial charge in [-0.05, 0) is 0 Å². The Bertz CT molecular complexity index is 131. The van der Waals surface area contributed by atoms with Gasteiger partial charge in [-0.3, -0.25) is 0 Å². The van der Waals surface area contributed by atoms with Gasteiger partial charge in [-0.15, -0.1) is 0 Å². The average molecular weight is 130 g/mol. The van der Waals surface area contributed by atoms with Crippen molar-refractivity contribution in [3.8, 4) is 0 Å². The molecule has 0 aromatic rings. The largest absolute Gasteiger partial charge is 0.384 e. The topological polar surface area (TPSA) is 64.7 Å². The molecule has 0 fully saturated rings. The molecular weight excluding hydrogens is 120 g/mol. The minimum Gasteiger partial charge on any atom is -0.384 e. The zero-order chi connectivity index (χ0) is 7.28. The van der Waals surface area contributed by atoms with E-state index in [1.165, 1.54) is 6.92 Å². The van der Waals surface area contributed by atoms with Crippen molar-refractivity contribution in [3.63, 3.8) is 0 Å². The highest BCUT2D eigenvalue weighted by molar-refractivity contribution is 5.80. The van der Waals surface area contributed by atoms with Crippen molar-refractivity contribution in [3.05, 3.63) is 0 Å². The van der Waals surface area contributed by atoms with Crippen LogP contribution in [-0.2, 0) is 9.63 Å². The van der Waals surface area contributed by atoms with Gasteiger partial charge < -0.3 is 10.6 Å². The number of rotatable bonds is 2. The van der Waals surface area contributed by atoms with Crippen molar-refractivity contribution in [1.29, 1.82) is 0 Å². The molecule has 0 aromatic carbocycles. The second kappa shape index (κ2) is 3.88. The van der Waals surface area contributed by atoms with Gasteiger partial charge in [-0.2, -0.15) is 0 Å². The number of amidine groups is 1. The molecule has 2 N–H and O–H groups in total. The summed E-state index contributed by atoms with van der Waals surface area (Å²) in [6.45, 7) is 3.09. The van der Waals surface area contributed by atoms with E-state index in [-0.39, 0.29) is 0 Å². The van der Waals surface area contributed by atoms with E-state index in [4.69, 9.17) is 5.73 Å². The molecule has 0 rings (SSSR count). The molecule has 4 heteroatoms. The Morgan fingerprint density at radius 1 is 1.78 bits per heavy atom. The summed E-state index contributed by atoms with van der Waals surface area (Å²) in [7, 11) is 0. The van der Waals surface area contributed by atoms with E-state index in [0.717, 1.165) is 0 Å². The number of nitrogens with two attached hydrogens (primary N) is 1. The lowest BCUT2D eigenvalue weighted by Crippen LogP contribution is -2.10. The van der Waals surface area contributed by atoms with Crippen molar-refractivity contribution >= 4 is 11.8 Å². The molecule has 0 amide bonds. The normalized spacial score (nSPS) is 11.1. The fraction of sp³-hybridized carbons (Fsp3) is 0.600. The van der Waals surface area contributed by atoms with Crippen molar-refractivity contribution in [2.45, 2.75) is 20.3 Å². The Hall–Kier alpha value is -1.06. The molecule has 0 aliphatic rings. The van der Waals surface area contributed by atoms with E-state index in [0.29, 0.717) is 12.3 Å². The van der Waals surface area contributed by atoms with E-state index < -0.39 is 5.97 Å². The van der Waals surface area contributed by atoms with Gasteiger partial charge in [0, 0.05) is 13.3 Å². The van der Waals surface area contributed by atoms with Crippen LogP contribution in [0.25, 0.3) is 0 Å². The van der Waals surface area contributed by atoms with E-state index >= 15 is 0 Å². The SMILES string of the molecule is CCC(N)=NOC(C)=O. The van der Waals surface area contributed by atoms with Gasteiger partial charge in [0.15, 0.2) is 0 Å². The summed E-state index contributed by atoms with van der Waals surface area (Å²) in [6, 6.07) is 0. The molecule has 52 valence electrons. The van der Waals surface area contributed by atoms with Crippen LogP contribution in [0.2, 0.25) is 0 Å². The number of hydrogen-bond donors (Lipinski definition) is 1. The second-order valence-electron chi connectivity index (χ2n) is 1.52. The molecule has 0 radical (unpaired) electrons. The molecule has 9 heavy (non-hydrogen) atoms. The first-order valence-corrected chi connectivity index (χ1v) is 2.66. The fourth-order valence-electron chi connectivity index (χ4n) is 0.187. The molecule has 4 nitrogen and oxygen atoms in total. The second-order valence-corrected chi connectivity index (χ2v) is 1.52. The Labute approximate surface area is 53.7 Å². The van der Waals surface area contributed by atoms with E-state index in [1.54, 1.807) is 0 Å². The third kappa shape index (κ3) is 4.80. The van der Waals surface area contributed by atoms with Gasteiger partial charge in [0.25, 0.3) is 0 Å². The van der Waals surface area contributed by atoms with Crippen molar-refractivity contribution in [2.75, 3.05) is 0 Å². The van der Waals surface area contributed by atoms with E-state index in [2.05, 4.69) is 9.99 Å². The van der Waals surface area contributed by atoms with Crippen LogP contribution in [0.4, 0.5) is 0 Å². The Balaban J connectivity index is 3.56. The zero-order valence-corrected chi connectivity index (χ0v) is 5.55. The van der Waals surface area contributed by atoms with Gasteiger partial charge >= 0.3 is 5.97 Å². The lowest BCUT2D eigenvalue weighted by molar-refractivity contribution is -0.140. The number of carbonyl (C=O) groups excluding carboxylic acids is 1. The summed E-state index contributed by atoms with van der Waals surface area (Å²) in [5.41, 5.74) is 5.19. The monoisotopic (exact) mass is 130 g/mol. The third-order valence-corrected chi connectivity index (χ3v) is 0.654. The smallest absolute Gasteiger partial charge is 0.332 e. The summed E-state index contributed by atoms with van der Waals surface area (Å²) in [4.78, 5) is 14.3. The summed E-state index contributed by atoms with van der Waals surface area (Å²) < 4.78 is 0. The molecule has 0 saturated heterocycles. The van der Waals surface area contributed by atoms with Gasteiger partial charge in [0.05, 0.1) is 0 Å². The van der Waals surface area contributed by atoms with E-state index in [1.807, 2.05) is 6.92 Å². The number of hydrogen-bond acceptors (Lipinski definition) is 3. The first-order chi connectivity index (χ1) is 4.16. The molecule has 0 spiro atoms. The highest BCUT2D eigenvalue weighted by Gasteiger charge is 1.89.